The van der Waals surface area contributed by atoms with Crippen molar-refractivity contribution in [1.29, 1.82) is 5.26 Å². The van der Waals surface area contributed by atoms with Gasteiger partial charge in [-0.05, 0) is 19.4 Å². The SMILES string of the molecule is COCC(C)(C)NCC(C#N)c1ccccc1. The van der Waals surface area contributed by atoms with Crippen LogP contribution in [0.3, 0.4) is 0 Å². The Kier molecular flexibility index (Phi) is 5.14. The van der Waals surface area contributed by atoms with Crippen LogP contribution in [0.1, 0.15) is 25.3 Å². The minimum atomic E-state index is -0.118. The molecule has 0 saturated carbocycles. The summed E-state index contributed by atoms with van der Waals surface area (Å²) in [6.45, 7) is 5.39. The van der Waals surface area contributed by atoms with Crippen molar-refractivity contribution in [2.45, 2.75) is 25.3 Å². The van der Waals surface area contributed by atoms with Gasteiger partial charge in [0.1, 0.15) is 0 Å². The molecule has 0 fully saturated rings. The molecule has 1 unspecified atom stereocenters. The Bertz CT molecular complexity index is 368. The molecule has 3 nitrogen and oxygen atoms in total. The number of nitrogens with zero attached hydrogens (tertiary/aromatic N) is 1. The van der Waals surface area contributed by atoms with Crippen molar-refractivity contribution in [3.05, 3.63) is 35.9 Å². The Balaban J connectivity index is 2.58. The van der Waals surface area contributed by atoms with Gasteiger partial charge >= 0.3 is 0 Å². The zero-order valence-electron chi connectivity index (χ0n) is 10.7. The van der Waals surface area contributed by atoms with Gasteiger partial charge in [0.15, 0.2) is 0 Å². The molecule has 17 heavy (non-hydrogen) atoms. The molecule has 1 rings (SSSR count). The molecule has 1 aromatic carbocycles. The summed E-state index contributed by atoms with van der Waals surface area (Å²) in [7, 11) is 1.68. The van der Waals surface area contributed by atoms with Crippen LogP contribution in [0.4, 0.5) is 0 Å². The molecule has 0 spiro atoms. The summed E-state index contributed by atoms with van der Waals surface area (Å²) < 4.78 is 5.13. The topological polar surface area (TPSA) is 45.0 Å². The Labute approximate surface area is 103 Å². The van der Waals surface area contributed by atoms with Gasteiger partial charge in [-0.2, -0.15) is 5.26 Å². The predicted molar refractivity (Wildman–Crippen MR) is 68.8 cm³/mol. The number of methoxy groups -OCH3 is 1. The molecule has 0 aliphatic rings. The van der Waals surface area contributed by atoms with Crippen LogP contribution in [0.2, 0.25) is 0 Å². The van der Waals surface area contributed by atoms with Crippen LogP contribution in [-0.2, 0) is 4.74 Å². The molecule has 0 radical (unpaired) electrons. The summed E-state index contributed by atoms with van der Waals surface area (Å²) in [6.07, 6.45) is 0. The fourth-order valence-electron chi connectivity index (χ4n) is 1.71. The number of hydrogen-bond donors (Lipinski definition) is 1. The van der Waals surface area contributed by atoms with Gasteiger partial charge < -0.3 is 10.1 Å². The predicted octanol–water partition coefficient (Wildman–Crippen LogP) is 2.31. The first-order chi connectivity index (χ1) is 8.09. The van der Waals surface area contributed by atoms with E-state index in [9.17, 15) is 5.26 Å². The summed E-state index contributed by atoms with van der Waals surface area (Å²) in [5, 5.41) is 12.5. The molecule has 3 heteroatoms. The van der Waals surface area contributed by atoms with Gasteiger partial charge in [-0.3, -0.25) is 0 Å². The standard InChI is InChI=1S/C14H20N2O/c1-14(2,11-17-3)16-10-13(9-15)12-7-5-4-6-8-12/h4-8,13,16H,10-11H2,1-3H3. The molecule has 92 valence electrons. The second kappa shape index (κ2) is 6.39. The Morgan fingerprint density at radius 1 is 1.35 bits per heavy atom. The maximum atomic E-state index is 9.18. The lowest BCUT2D eigenvalue weighted by Crippen LogP contribution is -2.45. The van der Waals surface area contributed by atoms with Gasteiger partial charge in [0, 0.05) is 19.2 Å². The third-order valence-electron chi connectivity index (χ3n) is 2.65. The van der Waals surface area contributed by atoms with E-state index in [4.69, 9.17) is 4.74 Å². The molecule has 0 amide bonds. The lowest BCUT2D eigenvalue weighted by atomic mass is 9.98. The quantitative estimate of drug-likeness (QED) is 0.818. The highest BCUT2D eigenvalue weighted by Gasteiger charge is 2.19. The number of benzene rings is 1. The lowest BCUT2D eigenvalue weighted by molar-refractivity contribution is 0.128. The van der Waals surface area contributed by atoms with E-state index < -0.39 is 0 Å². The molecule has 1 N–H and O–H groups in total. The van der Waals surface area contributed by atoms with Crippen molar-refractivity contribution in [3.8, 4) is 6.07 Å². The largest absolute Gasteiger partial charge is 0.383 e. The third kappa shape index (κ3) is 4.56. The number of ether oxygens (including phenoxy) is 1. The highest BCUT2D eigenvalue weighted by atomic mass is 16.5. The summed E-state index contributed by atoms with van der Waals surface area (Å²) in [5.74, 6) is -0.118. The molecular formula is C14H20N2O. The van der Waals surface area contributed by atoms with E-state index in [1.807, 2.05) is 30.3 Å². The number of nitriles is 1. The van der Waals surface area contributed by atoms with Crippen molar-refractivity contribution in [2.75, 3.05) is 20.3 Å². The Morgan fingerprint density at radius 2 is 2.00 bits per heavy atom. The monoisotopic (exact) mass is 232 g/mol. The highest BCUT2D eigenvalue weighted by molar-refractivity contribution is 5.25. The Hall–Kier alpha value is -1.37. The van der Waals surface area contributed by atoms with Crippen LogP contribution in [0.25, 0.3) is 0 Å². The minimum absolute atomic E-state index is 0.112. The summed E-state index contributed by atoms with van der Waals surface area (Å²) >= 11 is 0. The van der Waals surface area contributed by atoms with Crippen LogP contribution in [-0.4, -0.2) is 25.8 Å². The Morgan fingerprint density at radius 3 is 2.53 bits per heavy atom. The number of nitrogens with one attached hydrogen (secondary N) is 1. The molecule has 0 bridgehead atoms. The van der Waals surface area contributed by atoms with E-state index in [0.29, 0.717) is 13.2 Å². The molecule has 1 atom stereocenters. The van der Waals surface area contributed by atoms with Gasteiger partial charge in [0.05, 0.1) is 18.6 Å². The van der Waals surface area contributed by atoms with Crippen molar-refractivity contribution in [3.63, 3.8) is 0 Å². The lowest BCUT2D eigenvalue weighted by Gasteiger charge is -2.26. The van der Waals surface area contributed by atoms with E-state index in [2.05, 4.69) is 25.2 Å². The van der Waals surface area contributed by atoms with Crippen molar-refractivity contribution >= 4 is 0 Å². The van der Waals surface area contributed by atoms with E-state index in [1.165, 1.54) is 0 Å². The van der Waals surface area contributed by atoms with Gasteiger partial charge in [0.25, 0.3) is 0 Å². The molecule has 1 aromatic rings. The molecular weight excluding hydrogens is 212 g/mol. The first-order valence-electron chi connectivity index (χ1n) is 5.77. The second-order valence-corrected chi connectivity index (χ2v) is 4.79. The normalized spacial score (nSPS) is 13.1. The zero-order chi connectivity index (χ0) is 12.7. The van der Waals surface area contributed by atoms with Gasteiger partial charge in [-0.15, -0.1) is 0 Å². The molecule has 0 aliphatic heterocycles. The zero-order valence-corrected chi connectivity index (χ0v) is 10.7. The maximum Gasteiger partial charge on any atom is 0.0837 e. The summed E-state index contributed by atoms with van der Waals surface area (Å²) in [6, 6.07) is 12.2. The highest BCUT2D eigenvalue weighted by Crippen LogP contribution is 2.14. The van der Waals surface area contributed by atoms with Crippen molar-refractivity contribution in [2.24, 2.45) is 0 Å². The third-order valence-corrected chi connectivity index (χ3v) is 2.65. The van der Waals surface area contributed by atoms with Gasteiger partial charge in [-0.1, -0.05) is 30.3 Å². The summed E-state index contributed by atoms with van der Waals surface area (Å²) in [5.41, 5.74) is 0.939. The van der Waals surface area contributed by atoms with E-state index in [0.717, 1.165) is 5.56 Å². The van der Waals surface area contributed by atoms with Crippen molar-refractivity contribution in [1.82, 2.24) is 5.32 Å². The van der Waals surface area contributed by atoms with Crippen LogP contribution >= 0.6 is 0 Å². The van der Waals surface area contributed by atoms with Crippen LogP contribution in [0.15, 0.2) is 30.3 Å². The fraction of sp³-hybridized carbons (Fsp3) is 0.500. The van der Waals surface area contributed by atoms with Crippen LogP contribution in [0.5, 0.6) is 0 Å². The molecule has 0 saturated heterocycles. The first-order valence-corrected chi connectivity index (χ1v) is 5.77. The smallest absolute Gasteiger partial charge is 0.0837 e. The van der Waals surface area contributed by atoms with Crippen LogP contribution < -0.4 is 5.32 Å². The molecule has 0 heterocycles. The van der Waals surface area contributed by atoms with E-state index in [1.54, 1.807) is 7.11 Å². The molecule has 0 aromatic heterocycles. The number of hydrogen-bond acceptors (Lipinski definition) is 3. The van der Waals surface area contributed by atoms with Crippen LogP contribution in [0, 0.1) is 11.3 Å². The first kappa shape index (κ1) is 13.7. The van der Waals surface area contributed by atoms with Crippen molar-refractivity contribution < 1.29 is 4.74 Å². The maximum absolute atomic E-state index is 9.18. The van der Waals surface area contributed by atoms with Gasteiger partial charge in [-0.25, -0.2) is 0 Å². The van der Waals surface area contributed by atoms with E-state index in [-0.39, 0.29) is 11.5 Å². The second-order valence-electron chi connectivity index (χ2n) is 4.79. The number of rotatable bonds is 6. The minimum Gasteiger partial charge on any atom is -0.383 e. The van der Waals surface area contributed by atoms with Gasteiger partial charge in [0.2, 0.25) is 0 Å². The molecule has 0 aliphatic carbocycles. The fourth-order valence-corrected chi connectivity index (χ4v) is 1.71. The van der Waals surface area contributed by atoms with E-state index >= 15 is 0 Å². The average Bonchev–Trinajstić information content (AvgIpc) is 2.31. The summed E-state index contributed by atoms with van der Waals surface area (Å²) in [4.78, 5) is 0. The average molecular weight is 232 g/mol.